The van der Waals surface area contributed by atoms with Crippen LogP contribution in [0.5, 0.6) is 0 Å². The Labute approximate surface area is 83.3 Å². The fraction of sp³-hybridized carbons (Fsp3) is 1.00. The lowest BCUT2D eigenvalue weighted by molar-refractivity contribution is 0.190. The van der Waals surface area contributed by atoms with Crippen LogP contribution in [0.25, 0.3) is 0 Å². The molecule has 1 rings (SSSR count). The van der Waals surface area contributed by atoms with Crippen LogP contribution in [0.2, 0.25) is 0 Å². The molecule has 13 heavy (non-hydrogen) atoms. The van der Waals surface area contributed by atoms with Gasteiger partial charge in [-0.15, -0.1) is 0 Å². The van der Waals surface area contributed by atoms with Crippen LogP contribution in [0.3, 0.4) is 0 Å². The molecule has 78 valence electrons. The first kappa shape index (κ1) is 11.0. The van der Waals surface area contributed by atoms with Gasteiger partial charge in [0.25, 0.3) is 0 Å². The zero-order chi connectivity index (χ0) is 10.1. The van der Waals surface area contributed by atoms with E-state index in [-0.39, 0.29) is 0 Å². The normalized spacial score (nSPS) is 20.1. The Morgan fingerprint density at radius 3 is 1.92 bits per heavy atom. The summed E-state index contributed by atoms with van der Waals surface area (Å²) < 4.78 is 0. The van der Waals surface area contributed by atoms with Crippen molar-refractivity contribution >= 4 is 0 Å². The molecule has 1 fully saturated rings. The van der Waals surface area contributed by atoms with Crippen molar-refractivity contribution in [2.45, 2.75) is 71.9 Å². The van der Waals surface area contributed by atoms with E-state index in [4.69, 9.17) is 0 Å². The van der Waals surface area contributed by atoms with Crippen molar-refractivity contribution in [1.29, 1.82) is 0 Å². The van der Waals surface area contributed by atoms with Crippen LogP contribution in [-0.4, -0.2) is 11.6 Å². The van der Waals surface area contributed by atoms with Crippen LogP contribution in [0.1, 0.15) is 60.3 Å². The average molecular weight is 183 g/mol. The molecule has 0 spiro atoms. The van der Waals surface area contributed by atoms with E-state index in [2.05, 4.69) is 39.9 Å². The maximum Gasteiger partial charge on any atom is 0.0132 e. The van der Waals surface area contributed by atoms with Gasteiger partial charge in [0.2, 0.25) is 0 Å². The van der Waals surface area contributed by atoms with E-state index in [1.165, 1.54) is 25.7 Å². The Morgan fingerprint density at radius 2 is 1.62 bits per heavy atom. The van der Waals surface area contributed by atoms with Crippen LogP contribution in [0.15, 0.2) is 0 Å². The summed E-state index contributed by atoms with van der Waals surface area (Å²) in [7, 11) is 0. The van der Waals surface area contributed by atoms with Crippen LogP contribution in [-0.2, 0) is 0 Å². The first-order valence-electron chi connectivity index (χ1n) is 5.56. The molecule has 1 aliphatic carbocycles. The Bertz CT molecular complexity index is 160. The van der Waals surface area contributed by atoms with Gasteiger partial charge in [-0.25, -0.2) is 0 Å². The first-order chi connectivity index (χ1) is 5.79. The third-order valence-electron chi connectivity index (χ3n) is 2.67. The maximum absolute atomic E-state index is 3.75. The van der Waals surface area contributed by atoms with Gasteiger partial charge in [0.1, 0.15) is 0 Å². The van der Waals surface area contributed by atoms with Crippen molar-refractivity contribution in [3.05, 3.63) is 0 Å². The predicted octanol–water partition coefficient (Wildman–Crippen LogP) is 3.34. The Balaban J connectivity index is 2.35. The maximum atomic E-state index is 3.75. The van der Waals surface area contributed by atoms with E-state index in [0.29, 0.717) is 11.0 Å². The van der Waals surface area contributed by atoms with Crippen molar-refractivity contribution in [2.75, 3.05) is 0 Å². The second kappa shape index (κ2) is 3.61. The van der Waals surface area contributed by atoms with Crippen LogP contribution in [0, 0.1) is 5.41 Å². The molecular weight excluding hydrogens is 158 g/mol. The fourth-order valence-corrected chi connectivity index (χ4v) is 2.48. The highest BCUT2D eigenvalue weighted by Crippen LogP contribution is 2.29. The Hall–Kier alpha value is -0.0400. The molecule has 0 heterocycles. The molecule has 0 aromatic carbocycles. The predicted molar refractivity (Wildman–Crippen MR) is 58.9 cm³/mol. The molecule has 1 N–H and O–H groups in total. The summed E-state index contributed by atoms with van der Waals surface area (Å²) in [5.41, 5.74) is 0.740. The van der Waals surface area contributed by atoms with Crippen molar-refractivity contribution < 1.29 is 0 Å². The average Bonchev–Trinajstić information content (AvgIpc) is 1.73. The van der Waals surface area contributed by atoms with E-state index in [1.54, 1.807) is 0 Å². The number of rotatable bonds is 3. The summed E-state index contributed by atoms with van der Waals surface area (Å²) in [6.45, 7) is 11.6. The summed E-state index contributed by atoms with van der Waals surface area (Å²) in [5.74, 6) is 0. The van der Waals surface area contributed by atoms with Crippen LogP contribution < -0.4 is 5.32 Å². The third kappa shape index (κ3) is 4.12. The molecule has 0 aromatic rings. The molecule has 1 aliphatic rings. The minimum atomic E-state index is 0.309. The number of hydrogen-bond donors (Lipinski definition) is 1. The summed E-state index contributed by atoms with van der Waals surface area (Å²) in [4.78, 5) is 0. The van der Waals surface area contributed by atoms with Gasteiger partial charge in [-0.2, -0.15) is 0 Å². The monoisotopic (exact) mass is 183 g/mol. The molecule has 1 nitrogen and oxygen atoms in total. The van der Waals surface area contributed by atoms with Crippen molar-refractivity contribution in [1.82, 2.24) is 5.32 Å². The minimum absolute atomic E-state index is 0.309. The van der Waals surface area contributed by atoms with Gasteiger partial charge >= 0.3 is 0 Å². The fourth-order valence-electron chi connectivity index (χ4n) is 2.48. The highest BCUT2D eigenvalue weighted by atomic mass is 15.0. The van der Waals surface area contributed by atoms with E-state index >= 15 is 0 Å². The van der Waals surface area contributed by atoms with Gasteiger partial charge in [-0.1, -0.05) is 27.2 Å². The molecule has 1 saturated carbocycles. The van der Waals surface area contributed by atoms with E-state index < -0.39 is 0 Å². The van der Waals surface area contributed by atoms with Crippen molar-refractivity contribution in [2.24, 2.45) is 5.41 Å². The SMILES string of the molecule is CC(C)(C)CC(C)(C)NC1CCC1. The molecule has 0 aliphatic heterocycles. The summed E-state index contributed by atoms with van der Waals surface area (Å²) in [6, 6.07) is 0.803. The zero-order valence-electron chi connectivity index (χ0n) is 9.91. The highest BCUT2D eigenvalue weighted by Gasteiger charge is 2.29. The molecule has 0 aromatic heterocycles. The van der Waals surface area contributed by atoms with Crippen molar-refractivity contribution in [3.63, 3.8) is 0 Å². The van der Waals surface area contributed by atoms with Crippen molar-refractivity contribution in [3.8, 4) is 0 Å². The lowest BCUT2D eigenvalue weighted by atomic mass is 9.80. The second-order valence-electron chi connectivity index (χ2n) is 6.39. The smallest absolute Gasteiger partial charge is 0.0132 e. The quantitative estimate of drug-likeness (QED) is 0.707. The van der Waals surface area contributed by atoms with E-state index in [1.807, 2.05) is 0 Å². The summed E-state index contributed by atoms with van der Waals surface area (Å²) in [5, 5.41) is 3.75. The third-order valence-corrected chi connectivity index (χ3v) is 2.67. The molecule has 1 heteroatoms. The van der Waals surface area contributed by atoms with Gasteiger partial charge in [-0.3, -0.25) is 0 Å². The highest BCUT2D eigenvalue weighted by molar-refractivity contribution is 4.89. The van der Waals surface area contributed by atoms with Crippen LogP contribution >= 0.6 is 0 Å². The molecule has 0 unspecified atom stereocenters. The standard InChI is InChI=1S/C12H25N/c1-11(2,3)9-12(4,5)13-10-7-6-8-10/h10,13H,6-9H2,1-5H3. The first-order valence-corrected chi connectivity index (χ1v) is 5.56. The van der Waals surface area contributed by atoms with Gasteiger partial charge in [0.15, 0.2) is 0 Å². The minimum Gasteiger partial charge on any atom is -0.309 e. The molecule has 0 saturated heterocycles. The molecular formula is C12H25N. The van der Waals surface area contributed by atoms with E-state index in [9.17, 15) is 0 Å². The zero-order valence-corrected chi connectivity index (χ0v) is 9.91. The molecule has 0 bridgehead atoms. The second-order valence-corrected chi connectivity index (χ2v) is 6.39. The van der Waals surface area contributed by atoms with Crippen LogP contribution in [0.4, 0.5) is 0 Å². The van der Waals surface area contributed by atoms with Gasteiger partial charge in [0, 0.05) is 11.6 Å². The Kier molecular flexibility index (Phi) is 3.06. The summed E-state index contributed by atoms with van der Waals surface area (Å²) >= 11 is 0. The summed E-state index contributed by atoms with van der Waals surface area (Å²) in [6.07, 6.45) is 5.43. The van der Waals surface area contributed by atoms with E-state index in [0.717, 1.165) is 6.04 Å². The number of hydrogen-bond acceptors (Lipinski definition) is 1. The lowest BCUT2D eigenvalue weighted by Gasteiger charge is -2.39. The Morgan fingerprint density at radius 1 is 1.08 bits per heavy atom. The van der Waals surface area contributed by atoms with Gasteiger partial charge in [0.05, 0.1) is 0 Å². The molecule has 0 atom stereocenters. The topological polar surface area (TPSA) is 12.0 Å². The molecule has 0 amide bonds. The van der Waals surface area contributed by atoms with Gasteiger partial charge in [-0.05, 0) is 38.5 Å². The lowest BCUT2D eigenvalue weighted by Crippen LogP contribution is -2.50. The largest absolute Gasteiger partial charge is 0.309 e. The molecule has 0 radical (unpaired) electrons. The van der Waals surface area contributed by atoms with Gasteiger partial charge < -0.3 is 5.32 Å². The number of nitrogens with one attached hydrogen (secondary N) is 1.